The monoisotopic (exact) mass is 445 g/mol. The van der Waals surface area contributed by atoms with Gasteiger partial charge in [0.05, 0.1) is 23.8 Å². The van der Waals surface area contributed by atoms with Crippen LogP contribution in [0.25, 0.3) is 0 Å². The number of nitrogens with zero attached hydrogens (tertiary/aromatic N) is 1. The van der Waals surface area contributed by atoms with Gasteiger partial charge in [0.2, 0.25) is 5.91 Å². The number of aliphatic hydroxyl groups excluding tert-OH is 1. The lowest BCUT2D eigenvalue weighted by Crippen LogP contribution is -2.47. The maximum atomic E-state index is 13.8. The van der Waals surface area contributed by atoms with Crippen LogP contribution in [0.15, 0.2) is 6.07 Å². The molecule has 6 heteroatoms. The number of rotatable bonds is 4. The van der Waals surface area contributed by atoms with Gasteiger partial charge in [0.15, 0.2) is 0 Å². The van der Waals surface area contributed by atoms with Crippen molar-refractivity contribution in [3.63, 3.8) is 0 Å². The molecule has 2 fully saturated rings. The number of hydrogen-bond donors (Lipinski definition) is 1. The lowest BCUT2D eigenvalue weighted by molar-refractivity contribution is -0.124. The molecule has 2 saturated carbocycles. The van der Waals surface area contributed by atoms with E-state index in [1.165, 1.54) is 18.4 Å². The molecule has 1 aromatic rings. The third-order valence-electron chi connectivity index (χ3n) is 6.46. The molecular weight excluding hydrogens is 410 g/mol. The zero-order valence-electron chi connectivity index (χ0n) is 19.1. The van der Waals surface area contributed by atoms with Crippen LogP contribution >= 0.6 is 11.3 Å². The Morgan fingerprint density at radius 2 is 1.77 bits per heavy atom. The fourth-order valence-electron chi connectivity index (χ4n) is 4.59. The summed E-state index contributed by atoms with van der Waals surface area (Å²) in [6, 6.07) is 1.87. The number of esters is 1. The van der Waals surface area contributed by atoms with E-state index in [1.54, 1.807) is 0 Å². The molecule has 0 bridgehead atoms. The second-order valence-corrected chi connectivity index (χ2v) is 10.4. The molecule has 0 unspecified atom stereocenters. The average molecular weight is 446 g/mol. The van der Waals surface area contributed by atoms with Gasteiger partial charge in [0.1, 0.15) is 4.88 Å². The maximum Gasteiger partial charge on any atom is 0.350 e. The van der Waals surface area contributed by atoms with Crippen LogP contribution in [0.4, 0.5) is 5.69 Å². The van der Waals surface area contributed by atoms with Crippen LogP contribution in [-0.2, 0) is 9.53 Å². The highest BCUT2D eigenvalue weighted by Gasteiger charge is 2.37. The number of carbonyl (C=O) groups excluding carboxylic acids is 2. The van der Waals surface area contributed by atoms with E-state index in [0.29, 0.717) is 29.3 Å². The Labute approximate surface area is 190 Å². The molecule has 5 nitrogen and oxygen atoms in total. The average Bonchev–Trinajstić information content (AvgIpc) is 3.17. The van der Waals surface area contributed by atoms with Crippen molar-refractivity contribution in [1.82, 2.24) is 0 Å². The third-order valence-corrected chi connectivity index (χ3v) is 7.48. The maximum absolute atomic E-state index is 13.8. The molecule has 31 heavy (non-hydrogen) atoms. The van der Waals surface area contributed by atoms with Crippen LogP contribution in [0.3, 0.4) is 0 Å². The van der Waals surface area contributed by atoms with E-state index < -0.39 is 5.97 Å². The zero-order chi connectivity index (χ0) is 22.5. The molecule has 1 N–H and O–H groups in total. The standard InChI is InChI=1S/C25H35NO4S/c1-16(2)5-14-21-15-22(23(31-21)25(29)30-4)26(19-10-12-20(27)13-11-19)24(28)18-8-6-17(3)7-9-18/h15-20,27H,6-13H2,1-4H3/t17?,18?,19-,20+. The quantitative estimate of drug-likeness (QED) is 0.523. The SMILES string of the molecule is COC(=O)c1sc(C#CC(C)C)cc1N(C(=O)C1CCC(C)CC1)[C@H]1CC[C@@H](O)CC1. The third kappa shape index (κ3) is 5.90. The van der Waals surface area contributed by atoms with Crippen molar-refractivity contribution in [3.05, 3.63) is 15.8 Å². The van der Waals surface area contributed by atoms with Crippen LogP contribution in [0, 0.1) is 29.6 Å². The number of methoxy groups -OCH3 is 1. The Hall–Kier alpha value is -1.84. The van der Waals surface area contributed by atoms with Gasteiger partial charge in [-0.15, -0.1) is 11.3 Å². The molecule has 2 aliphatic carbocycles. The Morgan fingerprint density at radius 1 is 1.13 bits per heavy atom. The predicted molar refractivity (Wildman–Crippen MR) is 124 cm³/mol. The lowest BCUT2D eigenvalue weighted by atomic mass is 9.81. The topological polar surface area (TPSA) is 66.8 Å². The fourth-order valence-corrected chi connectivity index (χ4v) is 5.52. The molecule has 0 atom stereocenters. The lowest BCUT2D eigenvalue weighted by Gasteiger charge is -2.38. The van der Waals surface area contributed by atoms with E-state index in [4.69, 9.17) is 4.74 Å². The summed E-state index contributed by atoms with van der Waals surface area (Å²) in [6.45, 7) is 6.29. The minimum atomic E-state index is -0.427. The summed E-state index contributed by atoms with van der Waals surface area (Å²) in [5.41, 5.74) is 0.634. The molecule has 0 aromatic carbocycles. The Bertz CT molecular complexity index is 833. The number of amides is 1. The first-order valence-corrected chi connectivity index (χ1v) is 12.4. The first kappa shape index (κ1) is 23.8. The van der Waals surface area contributed by atoms with Crippen molar-refractivity contribution in [3.8, 4) is 11.8 Å². The van der Waals surface area contributed by atoms with Crippen molar-refractivity contribution in [2.45, 2.75) is 84.3 Å². The van der Waals surface area contributed by atoms with Gasteiger partial charge in [0, 0.05) is 17.9 Å². The van der Waals surface area contributed by atoms with E-state index >= 15 is 0 Å². The molecule has 1 amide bonds. The van der Waals surface area contributed by atoms with Crippen molar-refractivity contribution < 1.29 is 19.4 Å². The van der Waals surface area contributed by atoms with Gasteiger partial charge >= 0.3 is 5.97 Å². The van der Waals surface area contributed by atoms with Crippen molar-refractivity contribution >= 4 is 28.9 Å². The van der Waals surface area contributed by atoms with Gasteiger partial charge in [-0.2, -0.15) is 0 Å². The van der Waals surface area contributed by atoms with Crippen LogP contribution in [0.5, 0.6) is 0 Å². The van der Waals surface area contributed by atoms with Gasteiger partial charge in [-0.1, -0.05) is 32.6 Å². The van der Waals surface area contributed by atoms with Crippen molar-refractivity contribution in [2.75, 3.05) is 12.0 Å². The number of thiophene rings is 1. The van der Waals surface area contributed by atoms with Gasteiger partial charge < -0.3 is 14.7 Å². The Kier molecular flexibility index (Phi) is 8.18. The predicted octanol–water partition coefficient (Wildman–Crippen LogP) is 5.01. The molecule has 3 rings (SSSR count). The van der Waals surface area contributed by atoms with E-state index in [0.717, 1.165) is 43.4 Å². The van der Waals surface area contributed by atoms with Crippen LogP contribution in [0.2, 0.25) is 0 Å². The molecule has 1 heterocycles. The summed E-state index contributed by atoms with van der Waals surface area (Å²) in [4.78, 5) is 29.5. The van der Waals surface area contributed by atoms with E-state index in [9.17, 15) is 14.7 Å². The number of ether oxygens (including phenoxy) is 1. The largest absolute Gasteiger partial charge is 0.465 e. The summed E-state index contributed by atoms with van der Waals surface area (Å²) in [7, 11) is 1.37. The molecule has 1 aromatic heterocycles. The molecule has 0 spiro atoms. The molecule has 0 saturated heterocycles. The Balaban J connectivity index is 2.00. The molecule has 0 radical (unpaired) electrons. The first-order chi connectivity index (χ1) is 14.8. The highest BCUT2D eigenvalue weighted by molar-refractivity contribution is 7.15. The number of hydrogen-bond acceptors (Lipinski definition) is 5. The summed E-state index contributed by atoms with van der Waals surface area (Å²) < 4.78 is 5.06. The number of carbonyl (C=O) groups is 2. The fraction of sp³-hybridized carbons (Fsp3) is 0.680. The van der Waals surface area contributed by atoms with Gasteiger partial charge in [-0.25, -0.2) is 4.79 Å². The first-order valence-electron chi connectivity index (χ1n) is 11.5. The summed E-state index contributed by atoms with van der Waals surface area (Å²) in [5.74, 6) is 6.85. The van der Waals surface area contributed by atoms with Crippen LogP contribution in [0.1, 0.15) is 86.7 Å². The number of anilines is 1. The smallest absolute Gasteiger partial charge is 0.350 e. The van der Waals surface area contributed by atoms with E-state index in [1.807, 2.05) is 24.8 Å². The van der Waals surface area contributed by atoms with Crippen LogP contribution < -0.4 is 4.90 Å². The molecule has 170 valence electrons. The zero-order valence-corrected chi connectivity index (χ0v) is 20.0. The van der Waals surface area contributed by atoms with Gasteiger partial charge in [-0.05, 0) is 63.4 Å². The van der Waals surface area contributed by atoms with E-state index in [-0.39, 0.29) is 29.9 Å². The normalized spacial score (nSPS) is 26.1. The molecular formula is C25H35NO4S. The second-order valence-electron chi connectivity index (χ2n) is 9.37. The summed E-state index contributed by atoms with van der Waals surface area (Å²) in [5, 5.41) is 10.0. The highest BCUT2D eigenvalue weighted by atomic mass is 32.1. The van der Waals surface area contributed by atoms with E-state index in [2.05, 4.69) is 18.8 Å². The Morgan fingerprint density at radius 3 is 2.35 bits per heavy atom. The summed E-state index contributed by atoms with van der Waals surface area (Å²) in [6.07, 6.45) is 6.42. The molecule has 2 aliphatic rings. The second kappa shape index (κ2) is 10.7. The minimum absolute atomic E-state index is 0.0147. The minimum Gasteiger partial charge on any atom is -0.465 e. The summed E-state index contributed by atoms with van der Waals surface area (Å²) >= 11 is 1.30. The van der Waals surface area contributed by atoms with Crippen molar-refractivity contribution in [1.29, 1.82) is 0 Å². The van der Waals surface area contributed by atoms with Gasteiger partial charge in [-0.3, -0.25) is 4.79 Å². The van der Waals surface area contributed by atoms with Gasteiger partial charge in [0.25, 0.3) is 0 Å². The molecule has 0 aliphatic heterocycles. The number of aliphatic hydroxyl groups is 1. The highest BCUT2D eigenvalue weighted by Crippen LogP contribution is 2.39. The van der Waals surface area contributed by atoms with Crippen LogP contribution in [-0.4, -0.2) is 36.2 Å². The van der Waals surface area contributed by atoms with Crippen molar-refractivity contribution in [2.24, 2.45) is 17.8 Å².